The second-order valence-corrected chi connectivity index (χ2v) is 7.69. The van der Waals surface area contributed by atoms with Gasteiger partial charge in [0, 0.05) is 23.6 Å². The van der Waals surface area contributed by atoms with Crippen LogP contribution in [0.1, 0.15) is 16.1 Å². The molecular formula is C17H16ClN3O3S. The summed E-state index contributed by atoms with van der Waals surface area (Å²) in [5.41, 5.74) is 2.30. The molecule has 1 aromatic heterocycles. The first-order chi connectivity index (χ1) is 11.8. The number of carbonyl (C=O) groups is 1. The highest BCUT2D eigenvalue weighted by Gasteiger charge is 2.19. The van der Waals surface area contributed by atoms with Crippen LogP contribution in [-0.2, 0) is 22.8 Å². The standard InChI is InChI=1S/C17H16ClN3O3S/c1-21-14-5-3-2-4-13(14)15(18)16(21)17(22)20-12-8-6-11(7-9-12)10-25(19,23)24/h2-9H,10H2,1H3,(H,20,22)(H2,19,23,24). The summed E-state index contributed by atoms with van der Waals surface area (Å²) < 4.78 is 23.9. The van der Waals surface area contributed by atoms with Gasteiger partial charge < -0.3 is 9.88 Å². The lowest BCUT2D eigenvalue weighted by Gasteiger charge is -2.08. The average Bonchev–Trinajstić information content (AvgIpc) is 2.80. The number of nitrogens with zero attached hydrogens (tertiary/aromatic N) is 1. The second-order valence-electron chi connectivity index (χ2n) is 5.70. The molecule has 0 fully saturated rings. The maximum absolute atomic E-state index is 12.6. The van der Waals surface area contributed by atoms with Gasteiger partial charge in [0.2, 0.25) is 10.0 Å². The van der Waals surface area contributed by atoms with E-state index in [1.54, 1.807) is 35.9 Å². The van der Waals surface area contributed by atoms with Crippen LogP contribution >= 0.6 is 11.6 Å². The van der Waals surface area contributed by atoms with Crippen LogP contribution in [0.2, 0.25) is 5.02 Å². The summed E-state index contributed by atoms with van der Waals surface area (Å²) in [7, 11) is -1.81. The number of benzene rings is 2. The first-order valence-corrected chi connectivity index (χ1v) is 9.49. The van der Waals surface area contributed by atoms with Gasteiger partial charge in [0.25, 0.3) is 5.91 Å². The summed E-state index contributed by atoms with van der Waals surface area (Å²) in [5, 5.41) is 8.98. The number of fused-ring (bicyclic) bond motifs is 1. The van der Waals surface area contributed by atoms with Crippen molar-refractivity contribution in [2.75, 3.05) is 5.32 Å². The third-order valence-electron chi connectivity index (χ3n) is 3.84. The molecule has 0 atom stereocenters. The number of halogens is 1. The highest BCUT2D eigenvalue weighted by atomic mass is 35.5. The maximum Gasteiger partial charge on any atom is 0.273 e. The molecule has 0 aliphatic carbocycles. The van der Waals surface area contributed by atoms with Gasteiger partial charge in [-0.2, -0.15) is 0 Å². The number of carbonyl (C=O) groups excluding carboxylic acids is 1. The molecule has 3 rings (SSSR count). The number of primary sulfonamides is 1. The predicted octanol–water partition coefficient (Wildman–Crippen LogP) is 2.87. The Hall–Kier alpha value is -2.35. The van der Waals surface area contributed by atoms with Gasteiger partial charge in [-0.1, -0.05) is 41.9 Å². The summed E-state index contributed by atoms with van der Waals surface area (Å²) in [6, 6.07) is 13.9. The predicted molar refractivity (Wildman–Crippen MR) is 99.1 cm³/mol. The molecule has 0 aliphatic heterocycles. The highest BCUT2D eigenvalue weighted by Crippen LogP contribution is 2.30. The molecule has 0 aliphatic rings. The van der Waals surface area contributed by atoms with Crippen molar-refractivity contribution in [3.63, 3.8) is 0 Å². The molecule has 6 nitrogen and oxygen atoms in total. The van der Waals surface area contributed by atoms with Crippen molar-refractivity contribution in [1.29, 1.82) is 0 Å². The van der Waals surface area contributed by atoms with Crippen LogP contribution in [0.3, 0.4) is 0 Å². The number of aryl methyl sites for hydroxylation is 1. The van der Waals surface area contributed by atoms with Gasteiger partial charge in [-0.05, 0) is 23.8 Å². The fraction of sp³-hybridized carbons (Fsp3) is 0.118. The lowest BCUT2D eigenvalue weighted by atomic mass is 10.2. The number of sulfonamides is 1. The Labute approximate surface area is 150 Å². The third-order valence-corrected chi connectivity index (χ3v) is 4.96. The Morgan fingerprint density at radius 3 is 2.40 bits per heavy atom. The van der Waals surface area contributed by atoms with Gasteiger partial charge in [-0.3, -0.25) is 4.79 Å². The first kappa shape index (κ1) is 17.5. The van der Waals surface area contributed by atoms with E-state index < -0.39 is 10.0 Å². The van der Waals surface area contributed by atoms with E-state index >= 15 is 0 Å². The molecule has 0 unspecified atom stereocenters. The molecule has 2 aromatic carbocycles. The van der Waals surface area contributed by atoms with E-state index in [4.69, 9.17) is 16.7 Å². The minimum Gasteiger partial charge on any atom is -0.338 e. The monoisotopic (exact) mass is 377 g/mol. The number of nitrogens with one attached hydrogen (secondary N) is 1. The van der Waals surface area contributed by atoms with Gasteiger partial charge in [0.15, 0.2) is 0 Å². The van der Waals surface area contributed by atoms with E-state index in [2.05, 4.69) is 5.32 Å². The fourth-order valence-corrected chi connectivity index (χ4v) is 3.74. The van der Waals surface area contributed by atoms with Crippen LogP contribution in [0.15, 0.2) is 48.5 Å². The van der Waals surface area contributed by atoms with Crippen molar-refractivity contribution in [3.8, 4) is 0 Å². The molecule has 130 valence electrons. The third kappa shape index (κ3) is 3.68. The summed E-state index contributed by atoms with van der Waals surface area (Å²) in [4.78, 5) is 12.6. The summed E-state index contributed by atoms with van der Waals surface area (Å²) >= 11 is 6.36. The van der Waals surface area contributed by atoms with E-state index in [-0.39, 0.29) is 11.7 Å². The van der Waals surface area contributed by atoms with E-state index in [0.29, 0.717) is 22.0 Å². The van der Waals surface area contributed by atoms with Crippen LogP contribution in [-0.4, -0.2) is 18.9 Å². The normalized spacial score (nSPS) is 11.6. The maximum atomic E-state index is 12.6. The quantitative estimate of drug-likeness (QED) is 0.731. The number of aromatic nitrogens is 1. The molecule has 0 bridgehead atoms. The van der Waals surface area contributed by atoms with E-state index in [1.165, 1.54) is 0 Å². The average molecular weight is 378 g/mol. The molecule has 1 heterocycles. The molecule has 0 spiro atoms. The lowest BCUT2D eigenvalue weighted by molar-refractivity contribution is 0.102. The summed E-state index contributed by atoms with van der Waals surface area (Å²) in [6.07, 6.45) is 0. The smallest absolute Gasteiger partial charge is 0.273 e. The number of rotatable bonds is 4. The first-order valence-electron chi connectivity index (χ1n) is 7.40. The minimum absolute atomic E-state index is 0.254. The summed E-state index contributed by atoms with van der Waals surface area (Å²) in [6.45, 7) is 0. The lowest BCUT2D eigenvalue weighted by Crippen LogP contribution is -2.16. The van der Waals surface area contributed by atoms with E-state index in [1.807, 2.05) is 24.3 Å². The summed E-state index contributed by atoms with van der Waals surface area (Å²) in [5.74, 6) is -0.598. The van der Waals surface area contributed by atoms with Crippen molar-refractivity contribution in [1.82, 2.24) is 4.57 Å². The van der Waals surface area contributed by atoms with Gasteiger partial charge in [-0.25, -0.2) is 13.6 Å². The van der Waals surface area contributed by atoms with Gasteiger partial charge in [-0.15, -0.1) is 0 Å². The largest absolute Gasteiger partial charge is 0.338 e. The van der Waals surface area contributed by atoms with Gasteiger partial charge in [0.05, 0.1) is 10.8 Å². The number of amides is 1. The fourth-order valence-electron chi connectivity index (χ4n) is 2.71. The van der Waals surface area contributed by atoms with E-state index in [9.17, 15) is 13.2 Å². The number of para-hydroxylation sites is 1. The zero-order valence-electron chi connectivity index (χ0n) is 13.4. The molecule has 0 saturated heterocycles. The molecule has 3 N–H and O–H groups in total. The molecule has 3 aromatic rings. The minimum atomic E-state index is -3.59. The molecule has 25 heavy (non-hydrogen) atoms. The molecule has 0 saturated carbocycles. The van der Waals surface area contributed by atoms with Crippen LogP contribution < -0.4 is 10.5 Å². The molecular weight excluding hydrogens is 362 g/mol. The number of hydrogen-bond donors (Lipinski definition) is 2. The van der Waals surface area contributed by atoms with Gasteiger partial charge in [0.1, 0.15) is 5.69 Å². The number of anilines is 1. The highest BCUT2D eigenvalue weighted by molar-refractivity contribution is 7.88. The Morgan fingerprint density at radius 2 is 1.80 bits per heavy atom. The zero-order valence-corrected chi connectivity index (χ0v) is 14.9. The van der Waals surface area contributed by atoms with Gasteiger partial charge >= 0.3 is 0 Å². The van der Waals surface area contributed by atoms with Crippen molar-refractivity contribution < 1.29 is 13.2 Å². The number of hydrogen-bond acceptors (Lipinski definition) is 3. The van der Waals surface area contributed by atoms with Crippen molar-refractivity contribution in [2.24, 2.45) is 12.2 Å². The molecule has 0 radical (unpaired) electrons. The van der Waals surface area contributed by atoms with E-state index in [0.717, 1.165) is 10.9 Å². The van der Waals surface area contributed by atoms with Crippen LogP contribution in [0.4, 0.5) is 5.69 Å². The van der Waals surface area contributed by atoms with Crippen LogP contribution in [0, 0.1) is 0 Å². The zero-order chi connectivity index (χ0) is 18.2. The Kier molecular flexibility index (Phi) is 4.55. The molecule has 8 heteroatoms. The Morgan fingerprint density at radius 1 is 1.16 bits per heavy atom. The van der Waals surface area contributed by atoms with Crippen molar-refractivity contribution >= 4 is 44.1 Å². The van der Waals surface area contributed by atoms with Crippen molar-refractivity contribution in [3.05, 3.63) is 64.8 Å². The second kappa shape index (κ2) is 6.51. The SMILES string of the molecule is Cn1c(C(=O)Nc2ccc(CS(N)(=O)=O)cc2)c(Cl)c2ccccc21. The topological polar surface area (TPSA) is 94.2 Å². The van der Waals surface area contributed by atoms with Crippen molar-refractivity contribution in [2.45, 2.75) is 5.75 Å². The molecule has 1 amide bonds. The Bertz CT molecular complexity index is 1020. The Balaban J connectivity index is 1.86. The van der Waals surface area contributed by atoms with Crippen LogP contribution in [0.25, 0.3) is 10.9 Å². The number of nitrogens with two attached hydrogens (primary N) is 1. The van der Waals surface area contributed by atoms with Crippen LogP contribution in [0.5, 0.6) is 0 Å².